The third-order valence-corrected chi connectivity index (χ3v) is 6.28. The van der Waals surface area contributed by atoms with Crippen molar-refractivity contribution in [3.63, 3.8) is 0 Å². The Hall–Kier alpha value is -1.08. The van der Waals surface area contributed by atoms with E-state index < -0.39 is 0 Å². The van der Waals surface area contributed by atoms with Crippen molar-refractivity contribution < 1.29 is 4.74 Å². The van der Waals surface area contributed by atoms with E-state index >= 15 is 0 Å². The summed E-state index contributed by atoms with van der Waals surface area (Å²) in [6, 6.07) is 11.0. The minimum atomic E-state index is 0.0931. The Kier molecular flexibility index (Phi) is 3.27. The summed E-state index contributed by atoms with van der Waals surface area (Å²) in [6.07, 6.45) is 6.31. The molecule has 1 aromatic carbocycles. The van der Waals surface area contributed by atoms with E-state index in [1.54, 1.807) is 11.1 Å². The lowest BCUT2D eigenvalue weighted by Gasteiger charge is -2.45. The molecule has 1 saturated heterocycles. The molecule has 1 spiro atoms. The van der Waals surface area contributed by atoms with Crippen LogP contribution in [0.15, 0.2) is 35.9 Å². The molecule has 2 aliphatic carbocycles. The van der Waals surface area contributed by atoms with Crippen LogP contribution in [-0.2, 0) is 4.74 Å². The number of rotatable bonds is 1. The molecular weight excluding hydrogens is 268 g/mol. The van der Waals surface area contributed by atoms with Gasteiger partial charge in [0.05, 0.1) is 5.60 Å². The van der Waals surface area contributed by atoms with Gasteiger partial charge in [-0.3, -0.25) is 0 Å². The molecule has 1 aliphatic heterocycles. The van der Waals surface area contributed by atoms with Gasteiger partial charge in [0.1, 0.15) is 0 Å². The molecule has 1 nitrogen and oxygen atoms in total. The molecule has 118 valence electrons. The first-order chi connectivity index (χ1) is 10.5. The van der Waals surface area contributed by atoms with Crippen molar-refractivity contribution >= 4 is 5.57 Å². The summed E-state index contributed by atoms with van der Waals surface area (Å²) in [4.78, 5) is 0. The Labute approximate surface area is 134 Å². The van der Waals surface area contributed by atoms with Gasteiger partial charge in [0, 0.05) is 12.5 Å². The molecule has 1 heteroatoms. The third-order valence-electron chi connectivity index (χ3n) is 6.28. The second-order valence-electron chi connectivity index (χ2n) is 8.52. The van der Waals surface area contributed by atoms with Gasteiger partial charge in [-0.05, 0) is 60.1 Å². The van der Waals surface area contributed by atoms with Crippen LogP contribution in [0.5, 0.6) is 0 Å². The van der Waals surface area contributed by atoms with Gasteiger partial charge < -0.3 is 4.74 Å². The summed E-state index contributed by atoms with van der Waals surface area (Å²) in [7, 11) is 0. The molecule has 22 heavy (non-hydrogen) atoms. The van der Waals surface area contributed by atoms with E-state index in [9.17, 15) is 0 Å². The zero-order valence-electron chi connectivity index (χ0n) is 14.2. The topological polar surface area (TPSA) is 9.23 Å². The first-order valence-corrected chi connectivity index (χ1v) is 8.95. The predicted octanol–water partition coefficient (Wildman–Crippen LogP) is 5.47. The maximum atomic E-state index is 6.42. The van der Waals surface area contributed by atoms with Gasteiger partial charge in [0.25, 0.3) is 0 Å². The van der Waals surface area contributed by atoms with E-state index in [1.165, 1.54) is 37.7 Å². The molecule has 1 unspecified atom stereocenters. The average molecular weight is 296 g/mol. The number of hydrogen-bond acceptors (Lipinski definition) is 1. The molecule has 0 N–H and O–H groups in total. The van der Waals surface area contributed by atoms with Crippen molar-refractivity contribution in [2.24, 2.45) is 17.3 Å². The van der Waals surface area contributed by atoms with Crippen LogP contribution in [0.1, 0.15) is 58.4 Å². The number of benzene rings is 1. The lowest BCUT2D eigenvalue weighted by molar-refractivity contribution is -0.0746. The van der Waals surface area contributed by atoms with Gasteiger partial charge in [-0.1, -0.05) is 51.1 Å². The molecule has 0 radical (unpaired) electrons. The van der Waals surface area contributed by atoms with Gasteiger partial charge in [-0.2, -0.15) is 0 Å². The van der Waals surface area contributed by atoms with E-state index in [1.807, 2.05) is 0 Å². The van der Waals surface area contributed by atoms with Crippen molar-refractivity contribution in [3.8, 4) is 0 Å². The van der Waals surface area contributed by atoms with Crippen molar-refractivity contribution in [1.29, 1.82) is 0 Å². The highest BCUT2D eigenvalue weighted by Gasteiger charge is 2.55. The standard InChI is InChI=1S/C21H28O/c1-20(2,3)16-9-12-21(13-10-16)19-17(11-14-22-21)18(19)15-7-5-4-6-8-15/h4-8,16-17H,9-14H2,1-3H3. The maximum Gasteiger partial charge on any atom is 0.0903 e. The number of hydrogen-bond donors (Lipinski definition) is 0. The molecule has 0 bridgehead atoms. The zero-order chi connectivity index (χ0) is 15.4. The predicted molar refractivity (Wildman–Crippen MR) is 91.6 cm³/mol. The summed E-state index contributed by atoms with van der Waals surface area (Å²) in [5.41, 5.74) is 5.25. The normalized spacial score (nSPS) is 34.7. The molecule has 2 fully saturated rings. The Bertz CT molecular complexity index is 582. The van der Waals surface area contributed by atoms with E-state index in [2.05, 4.69) is 51.1 Å². The molecular formula is C21H28O. The Morgan fingerprint density at radius 3 is 2.32 bits per heavy atom. The molecule has 0 aromatic heterocycles. The van der Waals surface area contributed by atoms with Gasteiger partial charge in [0.15, 0.2) is 0 Å². The summed E-state index contributed by atoms with van der Waals surface area (Å²) >= 11 is 0. The third kappa shape index (κ3) is 2.25. The fraction of sp³-hybridized carbons (Fsp3) is 0.619. The van der Waals surface area contributed by atoms with Crippen LogP contribution in [0.25, 0.3) is 5.57 Å². The van der Waals surface area contributed by atoms with Gasteiger partial charge in [-0.25, -0.2) is 0 Å². The second kappa shape index (κ2) is 4.96. The second-order valence-corrected chi connectivity index (χ2v) is 8.52. The summed E-state index contributed by atoms with van der Waals surface area (Å²) in [5, 5.41) is 0. The lowest BCUT2D eigenvalue weighted by Crippen LogP contribution is -2.42. The molecule has 1 atom stereocenters. The van der Waals surface area contributed by atoms with Crippen molar-refractivity contribution in [2.45, 2.75) is 58.5 Å². The van der Waals surface area contributed by atoms with E-state index in [-0.39, 0.29) is 5.60 Å². The van der Waals surface area contributed by atoms with Crippen molar-refractivity contribution in [1.82, 2.24) is 0 Å². The monoisotopic (exact) mass is 296 g/mol. The van der Waals surface area contributed by atoms with Crippen LogP contribution in [-0.4, -0.2) is 12.2 Å². The summed E-state index contributed by atoms with van der Waals surface area (Å²) in [5.74, 6) is 1.57. The van der Waals surface area contributed by atoms with Crippen LogP contribution in [0.3, 0.4) is 0 Å². The highest BCUT2D eigenvalue weighted by molar-refractivity contribution is 5.88. The van der Waals surface area contributed by atoms with Gasteiger partial charge in [0.2, 0.25) is 0 Å². The summed E-state index contributed by atoms with van der Waals surface area (Å²) in [6.45, 7) is 8.13. The van der Waals surface area contributed by atoms with Gasteiger partial charge in [-0.15, -0.1) is 0 Å². The molecule has 4 rings (SSSR count). The SMILES string of the molecule is CC(C)(C)C1CCC2(CC1)OCCC1C(c3ccccc3)=C12. The smallest absolute Gasteiger partial charge is 0.0903 e. The van der Waals surface area contributed by atoms with Crippen LogP contribution in [0.4, 0.5) is 0 Å². The quantitative estimate of drug-likeness (QED) is 0.668. The molecule has 1 saturated carbocycles. The van der Waals surface area contributed by atoms with Crippen LogP contribution < -0.4 is 0 Å². The lowest BCUT2D eigenvalue weighted by atomic mass is 9.67. The Morgan fingerprint density at radius 1 is 1.00 bits per heavy atom. The van der Waals surface area contributed by atoms with E-state index in [0.29, 0.717) is 5.41 Å². The maximum absolute atomic E-state index is 6.42. The first-order valence-electron chi connectivity index (χ1n) is 8.95. The summed E-state index contributed by atoms with van der Waals surface area (Å²) < 4.78 is 6.42. The number of allylic oxidation sites excluding steroid dienone is 1. The van der Waals surface area contributed by atoms with Crippen molar-refractivity contribution in [2.75, 3.05) is 6.61 Å². The van der Waals surface area contributed by atoms with Crippen LogP contribution >= 0.6 is 0 Å². The molecule has 1 heterocycles. The molecule has 1 aromatic rings. The average Bonchev–Trinajstić information content (AvgIpc) is 3.24. The first kappa shape index (κ1) is 14.5. The van der Waals surface area contributed by atoms with Crippen LogP contribution in [0.2, 0.25) is 0 Å². The van der Waals surface area contributed by atoms with E-state index in [0.717, 1.165) is 18.4 Å². The minimum Gasteiger partial charge on any atom is -0.371 e. The van der Waals surface area contributed by atoms with E-state index in [4.69, 9.17) is 4.74 Å². The largest absolute Gasteiger partial charge is 0.371 e. The van der Waals surface area contributed by atoms with Crippen molar-refractivity contribution in [3.05, 3.63) is 41.5 Å². The van der Waals surface area contributed by atoms with Gasteiger partial charge >= 0.3 is 0 Å². The molecule has 0 amide bonds. The Balaban J connectivity index is 1.59. The number of fused-ring (bicyclic) bond motifs is 2. The molecule has 3 aliphatic rings. The fourth-order valence-electron chi connectivity index (χ4n) is 4.91. The highest BCUT2D eigenvalue weighted by atomic mass is 16.5. The fourth-order valence-corrected chi connectivity index (χ4v) is 4.91. The number of ether oxygens (including phenoxy) is 1. The highest BCUT2D eigenvalue weighted by Crippen LogP contribution is 2.62. The minimum absolute atomic E-state index is 0.0931. The zero-order valence-corrected chi connectivity index (χ0v) is 14.2. The van der Waals surface area contributed by atoms with Crippen LogP contribution in [0, 0.1) is 17.3 Å². The Morgan fingerprint density at radius 2 is 1.68 bits per heavy atom.